The number of anilines is 3. The van der Waals surface area contributed by atoms with Crippen molar-refractivity contribution in [1.29, 1.82) is 0 Å². The van der Waals surface area contributed by atoms with Gasteiger partial charge in [-0.3, -0.25) is 9.71 Å². The Bertz CT molecular complexity index is 1360. The van der Waals surface area contributed by atoms with Gasteiger partial charge in [-0.2, -0.15) is 0 Å². The largest absolute Gasteiger partial charge is 0.355 e. The number of benzene rings is 3. The molecule has 30 heavy (non-hydrogen) atoms. The molecule has 4 aromatic rings. The van der Waals surface area contributed by atoms with Crippen LogP contribution in [0.2, 0.25) is 5.02 Å². The topological polar surface area (TPSA) is 71.1 Å². The molecule has 1 heterocycles. The van der Waals surface area contributed by atoms with Crippen LogP contribution in [0.15, 0.2) is 72.9 Å². The normalized spacial score (nSPS) is 11.4. The molecular formula is C22H17ClFN3O2S. The fraction of sp³-hybridized carbons (Fsp3) is 0.0455. The lowest BCUT2D eigenvalue weighted by Gasteiger charge is -2.12. The molecule has 4 rings (SSSR count). The van der Waals surface area contributed by atoms with Crippen molar-refractivity contribution in [2.24, 2.45) is 0 Å². The van der Waals surface area contributed by atoms with Crippen LogP contribution < -0.4 is 10.0 Å². The van der Waals surface area contributed by atoms with Crippen molar-refractivity contribution in [2.45, 2.75) is 0 Å². The van der Waals surface area contributed by atoms with Crippen LogP contribution in [0.4, 0.5) is 21.5 Å². The Morgan fingerprint density at radius 1 is 0.933 bits per heavy atom. The minimum absolute atomic E-state index is 0.0363. The zero-order valence-corrected chi connectivity index (χ0v) is 17.4. The molecule has 2 N–H and O–H groups in total. The molecule has 152 valence electrons. The summed E-state index contributed by atoms with van der Waals surface area (Å²) < 4.78 is 39.0. The summed E-state index contributed by atoms with van der Waals surface area (Å²) in [6.07, 6.45) is 2.80. The highest BCUT2D eigenvalue weighted by molar-refractivity contribution is 7.92. The Morgan fingerprint density at radius 3 is 2.50 bits per heavy atom. The first-order valence-corrected chi connectivity index (χ1v) is 11.2. The van der Waals surface area contributed by atoms with E-state index in [0.717, 1.165) is 34.0 Å². The summed E-state index contributed by atoms with van der Waals surface area (Å²) in [7, 11) is -3.37. The van der Waals surface area contributed by atoms with Crippen LogP contribution in [0.25, 0.3) is 22.0 Å². The zero-order valence-electron chi connectivity index (χ0n) is 15.9. The molecule has 8 heteroatoms. The van der Waals surface area contributed by atoms with Gasteiger partial charge in [-0.05, 0) is 59.7 Å². The van der Waals surface area contributed by atoms with Crippen LogP contribution in [-0.4, -0.2) is 19.7 Å². The van der Waals surface area contributed by atoms with Gasteiger partial charge >= 0.3 is 0 Å². The van der Waals surface area contributed by atoms with E-state index >= 15 is 0 Å². The number of nitrogens with zero attached hydrogens (tertiary/aromatic N) is 1. The Labute approximate surface area is 178 Å². The van der Waals surface area contributed by atoms with E-state index in [1.165, 1.54) is 12.1 Å². The van der Waals surface area contributed by atoms with Crippen LogP contribution in [0.3, 0.4) is 0 Å². The number of sulfonamides is 1. The molecule has 0 fully saturated rings. The molecule has 0 bridgehead atoms. The van der Waals surface area contributed by atoms with E-state index in [2.05, 4.69) is 15.0 Å². The zero-order chi connectivity index (χ0) is 21.3. The highest BCUT2D eigenvalue weighted by Gasteiger charge is 2.08. The van der Waals surface area contributed by atoms with Gasteiger partial charge in [-0.25, -0.2) is 12.8 Å². The maximum Gasteiger partial charge on any atom is 0.229 e. The van der Waals surface area contributed by atoms with Crippen molar-refractivity contribution >= 4 is 49.6 Å². The molecule has 1 aromatic heterocycles. The molecular weight excluding hydrogens is 425 g/mol. The molecule has 0 aliphatic rings. The summed E-state index contributed by atoms with van der Waals surface area (Å²) in [5.74, 6) is -0.480. The highest BCUT2D eigenvalue weighted by Crippen LogP contribution is 2.31. The quantitative estimate of drug-likeness (QED) is 0.410. The lowest BCUT2D eigenvalue weighted by Crippen LogP contribution is -2.09. The van der Waals surface area contributed by atoms with Gasteiger partial charge in [0.2, 0.25) is 10.0 Å². The first-order chi connectivity index (χ1) is 14.3. The van der Waals surface area contributed by atoms with Crippen molar-refractivity contribution < 1.29 is 12.8 Å². The van der Waals surface area contributed by atoms with E-state index in [1.54, 1.807) is 30.5 Å². The summed E-state index contributed by atoms with van der Waals surface area (Å²) in [6.45, 7) is 0. The van der Waals surface area contributed by atoms with E-state index in [9.17, 15) is 12.8 Å². The minimum atomic E-state index is -3.37. The van der Waals surface area contributed by atoms with Crippen molar-refractivity contribution in [3.05, 3.63) is 83.8 Å². The third kappa shape index (κ3) is 4.53. The number of aromatic nitrogens is 1. The molecule has 0 amide bonds. The van der Waals surface area contributed by atoms with Gasteiger partial charge in [0.05, 0.1) is 16.8 Å². The lowest BCUT2D eigenvalue weighted by molar-refractivity contribution is 0.607. The molecule has 0 spiro atoms. The van der Waals surface area contributed by atoms with E-state index in [-0.39, 0.29) is 5.02 Å². The third-order valence-corrected chi connectivity index (χ3v) is 5.34. The molecule has 5 nitrogen and oxygen atoms in total. The van der Waals surface area contributed by atoms with Gasteiger partial charge in [-0.15, -0.1) is 0 Å². The fourth-order valence-electron chi connectivity index (χ4n) is 3.14. The fourth-order valence-corrected chi connectivity index (χ4v) is 3.88. The number of halogens is 2. The summed E-state index contributed by atoms with van der Waals surface area (Å²) in [4.78, 5) is 4.40. The van der Waals surface area contributed by atoms with Gasteiger partial charge < -0.3 is 5.32 Å². The molecule has 0 aliphatic heterocycles. The van der Waals surface area contributed by atoms with Gasteiger partial charge in [0.25, 0.3) is 0 Å². The highest BCUT2D eigenvalue weighted by atomic mass is 35.5. The Hall–Kier alpha value is -3.16. The monoisotopic (exact) mass is 441 g/mol. The van der Waals surface area contributed by atoms with E-state index < -0.39 is 15.8 Å². The summed E-state index contributed by atoms with van der Waals surface area (Å²) in [5.41, 5.74) is 4.45. The maximum atomic E-state index is 13.5. The first-order valence-electron chi connectivity index (χ1n) is 8.97. The Balaban J connectivity index is 1.74. The summed E-state index contributed by atoms with van der Waals surface area (Å²) in [6, 6.07) is 19.2. The van der Waals surface area contributed by atoms with E-state index in [0.29, 0.717) is 11.4 Å². The summed E-state index contributed by atoms with van der Waals surface area (Å²) in [5, 5.41) is 4.15. The number of fused-ring (bicyclic) bond motifs is 1. The van der Waals surface area contributed by atoms with Crippen LogP contribution >= 0.6 is 11.6 Å². The average molecular weight is 442 g/mol. The van der Waals surface area contributed by atoms with Crippen LogP contribution in [0.1, 0.15) is 0 Å². The first kappa shape index (κ1) is 20.1. The molecule has 0 atom stereocenters. The van der Waals surface area contributed by atoms with Crippen molar-refractivity contribution in [3.8, 4) is 11.1 Å². The van der Waals surface area contributed by atoms with Crippen LogP contribution in [-0.2, 0) is 10.0 Å². The Morgan fingerprint density at radius 2 is 1.73 bits per heavy atom. The molecule has 0 saturated heterocycles. The lowest BCUT2D eigenvalue weighted by atomic mass is 10.0. The smallest absolute Gasteiger partial charge is 0.229 e. The maximum absolute atomic E-state index is 13.5. The standard InChI is InChI=1S/C22H17ClFN3O2S/c1-30(28,29)27-17-4-2-3-14(11-17)15-5-8-21-18(12-15)22(9-10-25-21)26-16-6-7-20(24)19(23)13-16/h2-13,27H,1H3,(H,25,26). The van der Waals surface area contributed by atoms with Crippen LogP contribution in [0, 0.1) is 5.82 Å². The van der Waals surface area contributed by atoms with E-state index in [1.807, 2.05) is 30.3 Å². The average Bonchev–Trinajstić information content (AvgIpc) is 2.70. The molecule has 0 saturated carbocycles. The second-order valence-corrected chi connectivity index (χ2v) is 8.96. The predicted octanol–water partition coefficient (Wildman–Crippen LogP) is 5.81. The van der Waals surface area contributed by atoms with Gasteiger partial charge in [0, 0.05) is 28.6 Å². The second kappa shape index (κ2) is 7.93. The number of rotatable bonds is 5. The molecule has 0 radical (unpaired) electrons. The summed E-state index contributed by atoms with van der Waals surface area (Å²) >= 11 is 5.89. The van der Waals surface area contributed by atoms with Gasteiger partial charge in [0.1, 0.15) is 5.82 Å². The van der Waals surface area contributed by atoms with Crippen molar-refractivity contribution in [3.63, 3.8) is 0 Å². The number of hydrogen-bond acceptors (Lipinski definition) is 4. The van der Waals surface area contributed by atoms with E-state index in [4.69, 9.17) is 11.6 Å². The number of hydrogen-bond donors (Lipinski definition) is 2. The predicted molar refractivity (Wildman–Crippen MR) is 120 cm³/mol. The molecule has 3 aromatic carbocycles. The van der Waals surface area contributed by atoms with Crippen LogP contribution in [0.5, 0.6) is 0 Å². The van der Waals surface area contributed by atoms with Crippen molar-refractivity contribution in [1.82, 2.24) is 4.98 Å². The van der Waals surface area contributed by atoms with Gasteiger partial charge in [0.15, 0.2) is 0 Å². The van der Waals surface area contributed by atoms with Crippen molar-refractivity contribution in [2.75, 3.05) is 16.3 Å². The Kier molecular flexibility index (Phi) is 5.32. The van der Waals surface area contributed by atoms with Gasteiger partial charge in [-0.1, -0.05) is 29.8 Å². The molecule has 0 unspecified atom stereocenters. The SMILES string of the molecule is CS(=O)(=O)Nc1cccc(-c2ccc3nccc(Nc4ccc(F)c(Cl)c4)c3c2)c1. The molecule has 0 aliphatic carbocycles. The minimum Gasteiger partial charge on any atom is -0.355 e. The number of nitrogens with one attached hydrogen (secondary N) is 2. The third-order valence-electron chi connectivity index (χ3n) is 4.44. The number of pyridine rings is 1. The second-order valence-electron chi connectivity index (χ2n) is 6.80.